The molecule has 1 atom stereocenters. The van der Waals surface area contributed by atoms with Crippen LogP contribution in [0.5, 0.6) is 0 Å². The Morgan fingerprint density at radius 2 is 1.62 bits per heavy atom. The third-order valence-corrected chi connectivity index (χ3v) is 7.85. The first-order chi connectivity index (χ1) is 18.2. The van der Waals surface area contributed by atoms with E-state index in [1.165, 1.54) is 65.6 Å². The van der Waals surface area contributed by atoms with E-state index in [2.05, 4.69) is 63.2 Å². The zero-order chi connectivity index (χ0) is 29.0. The van der Waals surface area contributed by atoms with Crippen LogP contribution in [-0.4, -0.2) is 15.9 Å². The number of ketones is 1. The first kappa shape index (κ1) is 33.9. The van der Waals surface area contributed by atoms with Crippen molar-refractivity contribution in [1.29, 1.82) is 0 Å². The topological polar surface area (TPSA) is 50.2 Å². The Morgan fingerprint density at radius 3 is 2.20 bits per heavy atom. The van der Waals surface area contributed by atoms with E-state index in [1.807, 2.05) is 47.7 Å². The molecule has 1 aliphatic carbocycles. The number of carbonyl (C=O) groups excluding carboxylic acids is 1. The van der Waals surface area contributed by atoms with Gasteiger partial charge >= 0.3 is 0 Å². The fraction of sp³-hybridized carbons (Fsp3) is 0.500. The van der Waals surface area contributed by atoms with Crippen LogP contribution in [0.15, 0.2) is 54.4 Å². The van der Waals surface area contributed by atoms with Gasteiger partial charge in [-0.25, -0.2) is 0 Å². The van der Waals surface area contributed by atoms with Crippen molar-refractivity contribution in [3.63, 3.8) is 0 Å². The van der Waals surface area contributed by atoms with Gasteiger partial charge in [0.05, 0.1) is 0 Å². The van der Waals surface area contributed by atoms with Gasteiger partial charge < -0.3 is 10.1 Å². The summed E-state index contributed by atoms with van der Waals surface area (Å²) in [6.45, 7) is 17.8. The Balaban J connectivity index is 0.000000344. The zero-order valence-electron chi connectivity index (χ0n) is 25.9. The van der Waals surface area contributed by atoms with E-state index in [-0.39, 0.29) is 37.1 Å². The smallest absolute Gasteiger partial charge is 0.164 e. The number of fused-ring (bicyclic) bond motifs is 1. The Hall–Kier alpha value is -2.29. The molecule has 0 spiro atoms. The predicted molar refractivity (Wildman–Crippen MR) is 165 cm³/mol. The van der Waals surface area contributed by atoms with Gasteiger partial charge in [-0.1, -0.05) is 99.8 Å². The number of hydrogen-bond donors (Lipinski definition) is 1. The summed E-state index contributed by atoms with van der Waals surface area (Å²) >= 11 is 0. The summed E-state index contributed by atoms with van der Waals surface area (Å²) < 4.78 is 0. The number of hydrogen-bond acceptors (Lipinski definition) is 3. The summed E-state index contributed by atoms with van der Waals surface area (Å²) in [6.07, 6.45) is 10.3. The maximum Gasteiger partial charge on any atom is 0.164 e. The second-order valence-electron chi connectivity index (χ2n) is 13.5. The first-order valence-electron chi connectivity index (χ1n) is 14.5. The van der Waals surface area contributed by atoms with E-state index in [0.717, 1.165) is 17.2 Å². The standard InChI is InChI=1S/C25H28N.C11H20O2.Ir/c1-17-13-18(2)15-23(14-17)25-24-10-9-21(16-22(24)11-12-26-25)19(3)20-7-5-4-6-8-20;1-10(2,3)8(12)7-9(13)11(4,5)6;/h9-14,16,19-20H,4-8H2,1-3H3;7,12H,1-6H3;/q-1;;/b;8-7-;. The summed E-state index contributed by atoms with van der Waals surface area (Å²) in [5.74, 6) is 1.59. The molecule has 1 unspecified atom stereocenters. The van der Waals surface area contributed by atoms with Crippen LogP contribution in [0.3, 0.4) is 0 Å². The number of aryl methyl sites for hydroxylation is 2. The molecule has 0 bridgehead atoms. The minimum atomic E-state index is -0.417. The molecular weight excluding hydrogens is 671 g/mol. The van der Waals surface area contributed by atoms with E-state index < -0.39 is 5.41 Å². The second kappa shape index (κ2) is 14.1. The van der Waals surface area contributed by atoms with Crippen molar-refractivity contribution in [2.24, 2.45) is 16.7 Å². The van der Waals surface area contributed by atoms with E-state index in [9.17, 15) is 9.90 Å². The molecule has 0 amide bonds. The van der Waals surface area contributed by atoms with Gasteiger partial charge in [-0.05, 0) is 52.8 Å². The summed E-state index contributed by atoms with van der Waals surface area (Å²) in [4.78, 5) is 16.2. The molecule has 1 aliphatic rings. The number of rotatable bonds is 4. The van der Waals surface area contributed by atoms with Crippen LogP contribution in [0.4, 0.5) is 0 Å². The fourth-order valence-corrected chi connectivity index (χ4v) is 5.18. The Morgan fingerprint density at radius 1 is 0.975 bits per heavy atom. The third kappa shape index (κ3) is 9.11. The van der Waals surface area contributed by atoms with Crippen LogP contribution in [0.2, 0.25) is 0 Å². The van der Waals surface area contributed by atoms with Crippen LogP contribution in [0.1, 0.15) is 103 Å². The minimum absolute atomic E-state index is 0. The van der Waals surface area contributed by atoms with Crippen molar-refractivity contribution in [3.05, 3.63) is 77.2 Å². The molecule has 4 rings (SSSR count). The van der Waals surface area contributed by atoms with Crippen LogP contribution in [0.25, 0.3) is 22.0 Å². The van der Waals surface area contributed by atoms with E-state index >= 15 is 0 Å². The Bertz CT molecular complexity index is 1300. The number of aliphatic hydroxyl groups excluding tert-OH is 1. The SMILES string of the molecule is CC(C)(C)C(=O)/C=C(\O)C(C)(C)C.Cc1[c-]c(-c2nccc3cc(C(C)C4CCCCC4)ccc23)cc(C)c1.[Ir]. The molecular formula is C36H48IrNO2-. The molecule has 40 heavy (non-hydrogen) atoms. The summed E-state index contributed by atoms with van der Waals surface area (Å²) in [5, 5.41) is 12.1. The van der Waals surface area contributed by atoms with Gasteiger partial charge in [-0.2, -0.15) is 0 Å². The molecule has 3 nitrogen and oxygen atoms in total. The van der Waals surface area contributed by atoms with Gasteiger partial charge in [0.25, 0.3) is 0 Å². The van der Waals surface area contributed by atoms with Crippen LogP contribution in [0, 0.1) is 36.7 Å². The molecule has 4 heteroatoms. The maximum atomic E-state index is 11.5. The van der Waals surface area contributed by atoms with E-state index in [0.29, 0.717) is 5.92 Å². The van der Waals surface area contributed by atoms with Crippen molar-refractivity contribution in [1.82, 2.24) is 4.98 Å². The largest absolute Gasteiger partial charge is 0.512 e. The number of aliphatic hydroxyl groups is 1. The minimum Gasteiger partial charge on any atom is -0.512 e. The normalized spacial score (nSPS) is 15.6. The third-order valence-electron chi connectivity index (χ3n) is 7.85. The average Bonchev–Trinajstić information content (AvgIpc) is 2.86. The molecule has 2 aromatic carbocycles. The average molecular weight is 719 g/mol. The van der Waals surface area contributed by atoms with Gasteiger partial charge in [0, 0.05) is 43.2 Å². The van der Waals surface area contributed by atoms with Crippen molar-refractivity contribution < 1.29 is 30.0 Å². The van der Waals surface area contributed by atoms with Crippen molar-refractivity contribution >= 4 is 16.6 Å². The van der Waals surface area contributed by atoms with Crippen molar-refractivity contribution in [2.75, 3.05) is 0 Å². The molecule has 1 fully saturated rings. The van der Waals surface area contributed by atoms with Crippen LogP contribution < -0.4 is 0 Å². The predicted octanol–water partition coefficient (Wildman–Crippen LogP) is 10.1. The quantitative estimate of drug-likeness (QED) is 0.166. The molecule has 1 saturated carbocycles. The van der Waals surface area contributed by atoms with Gasteiger partial charge in [0.1, 0.15) is 5.76 Å². The number of aromatic nitrogens is 1. The van der Waals surface area contributed by atoms with Crippen LogP contribution in [-0.2, 0) is 24.9 Å². The summed E-state index contributed by atoms with van der Waals surface area (Å²) in [5.41, 5.74) is 5.29. The van der Waals surface area contributed by atoms with Gasteiger partial charge in [-0.3, -0.25) is 4.79 Å². The molecule has 1 heterocycles. The van der Waals surface area contributed by atoms with Gasteiger partial charge in [-0.15, -0.1) is 34.9 Å². The monoisotopic (exact) mass is 719 g/mol. The maximum absolute atomic E-state index is 11.5. The molecule has 0 aliphatic heterocycles. The van der Waals surface area contributed by atoms with Crippen LogP contribution >= 0.6 is 0 Å². The van der Waals surface area contributed by atoms with Crippen molar-refractivity contribution in [2.45, 2.75) is 100 Å². The second-order valence-corrected chi connectivity index (χ2v) is 13.5. The summed E-state index contributed by atoms with van der Waals surface area (Å²) in [7, 11) is 0. The van der Waals surface area contributed by atoms with Crippen molar-refractivity contribution in [3.8, 4) is 11.3 Å². The molecule has 3 aromatic rings. The fourth-order valence-electron chi connectivity index (χ4n) is 5.18. The Kier molecular flexibility index (Phi) is 11.9. The molecule has 1 aromatic heterocycles. The van der Waals surface area contributed by atoms with E-state index in [1.54, 1.807) is 0 Å². The number of allylic oxidation sites excluding steroid dienone is 2. The van der Waals surface area contributed by atoms with Gasteiger partial charge in [0.2, 0.25) is 0 Å². The number of nitrogens with zero attached hydrogens (tertiary/aromatic N) is 1. The molecule has 1 N–H and O–H groups in total. The molecule has 0 saturated heterocycles. The van der Waals surface area contributed by atoms with E-state index in [4.69, 9.17) is 4.98 Å². The van der Waals surface area contributed by atoms with Gasteiger partial charge in [0.15, 0.2) is 5.78 Å². The zero-order valence-corrected chi connectivity index (χ0v) is 28.3. The molecule has 219 valence electrons. The number of benzene rings is 2. The Labute approximate surface area is 256 Å². The first-order valence-corrected chi connectivity index (χ1v) is 14.5. The summed E-state index contributed by atoms with van der Waals surface area (Å²) in [6, 6.07) is 17.0. The number of carbonyl (C=O) groups is 1. The number of pyridine rings is 1. The molecule has 1 radical (unpaired) electrons.